The van der Waals surface area contributed by atoms with Crippen LogP contribution in [0.3, 0.4) is 0 Å². The van der Waals surface area contributed by atoms with Gasteiger partial charge in [-0.15, -0.1) is 0 Å². The van der Waals surface area contributed by atoms with Crippen LogP contribution in [0.1, 0.15) is 31.2 Å². The van der Waals surface area contributed by atoms with Crippen molar-refractivity contribution in [3.8, 4) is 0 Å². The first-order valence-electron chi connectivity index (χ1n) is 7.38. The fourth-order valence-corrected chi connectivity index (χ4v) is 2.61. The van der Waals surface area contributed by atoms with Crippen molar-refractivity contribution in [2.75, 3.05) is 19.6 Å². The molecule has 1 aromatic rings. The van der Waals surface area contributed by atoms with Gasteiger partial charge in [0, 0.05) is 19.6 Å². The second-order valence-corrected chi connectivity index (χ2v) is 5.62. The van der Waals surface area contributed by atoms with Crippen molar-refractivity contribution in [2.24, 2.45) is 5.92 Å². The number of carboxylic acids is 1. The maximum absolute atomic E-state index is 12.1. The number of carboxylic acid groups (broad SMARTS) is 1. The largest absolute Gasteiger partial charge is 0.481 e. The second kappa shape index (κ2) is 7.11. The third-order valence-electron chi connectivity index (χ3n) is 3.99. The molecule has 2 N–H and O–H groups in total. The molecule has 1 heterocycles. The minimum atomic E-state index is -0.815. The molecule has 2 rings (SSSR count). The minimum absolute atomic E-state index is 0.163. The van der Waals surface area contributed by atoms with Gasteiger partial charge in [-0.3, -0.25) is 4.79 Å². The number of benzene rings is 1. The molecule has 0 aliphatic carbocycles. The lowest BCUT2D eigenvalue weighted by atomic mass is 9.98. The molecule has 1 aliphatic rings. The number of amides is 2. The van der Waals surface area contributed by atoms with Crippen LogP contribution >= 0.6 is 0 Å². The van der Waals surface area contributed by atoms with Gasteiger partial charge < -0.3 is 15.3 Å². The summed E-state index contributed by atoms with van der Waals surface area (Å²) in [6.45, 7) is 3.55. The van der Waals surface area contributed by atoms with E-state index in [0.717, 1.165) is 6.42 Å². The Morgan fingerprint density at radius 3 is 2.76 bits per heavy atom. The maximum atomic E-state index is 12.1. The van der Waals surface area contributed by atoms with Gasteiger partial charge in [0.1, 0.15) is 0 Å². The number of hydrogen-bond donors (Lipinski definition) is 2. The second-order valence-electron chi connectivity index (χ2n) is 5.62. The Balaban J connectivity index is 1.83. The van der Waals surface area contributed by atoms with Crippen LogP contribution in [0.25, 0.3) is 0 Å². The number of urea groups is 1. The molecule has 0 spiro atoms. The van der Waals surface area contributed by atoms with Crippen molar-refractivity contribution in [1.82, 2.24) is 10.2 Å². The highest BCUT2D eigenvalue weighted by Crippen LogP contribution is 2.17. The first-order valence-corrected chi connectivity index (χ1v) is 7.38. The van der Waals surface area contributed by atoms with E-state index in [0.29, 0.717) is 26.1 Å². The molecule has 1 fully saturated rings. The fourth-order valence-electron chi connectivity index (χ4n) is 2.61. The zero-order valence-electron chi connectivity index (χ0n) is 12.3. The molecule has 2 amide bonds. The van der Waals surface area contributed by atoms with Gasteiger partial charge in [-0.25, -0.2) is 4.79 Å². The lowest BCUT2D eigenvalue weighted by Gasteiger charge is -2.31. The van der Waals surface area contributed by atoms with Crippen LogP contribution in [-0.4, -0.2) is 41.6 Å². The number of carbonyl (C=O) groups is 2. The van der Waals surface area contributed by atoms with E-state index in [-0.39, 0.29) is 11.9 Å². The standard InChI is InChI=1S/C16H22N2O3/c1-12(13-6-3-2-4-7-13)10-17-16(21)18-9-5-8-14(11-18)15(19)20/h2-4,6-7,12,14H,5,8-11H2,1H3,(H,17,21)(H,19,20). The van der Waals surface area contributed by atoms with Crippen LogP contribution in [0.2, 0.25) is 0 Å². The molecule has 0 bridgehead atoms. The summed E-state index contributed by atoms with van der Waals surface area (Å²) in [4.78, 5) is 24.8. The fraction of sp³-hybridized carbons (Fsp3) is 0.500. The van der Waals surface area contributed by atoms with Gasteiger partial charge in [-0.2, -0.15) is 0 Å². The van der Waals surface area contributed by atoms with Gasteiger partial charge >= 0.3 is 12.0 Å². The molecular formula is C16H22N2O3. The van der Waals surface area contributed by atoms with Gasteiger partial charge in [-0.05, 0) is 24.3 Å². The van der Waals surface area contributed by atoms with Gasteiger partial charge in [0.15, 0.2) is 0 Å². The smallest absolute Gasteiger partial charge is 0.317 e. The van der Waals surface area contributed by atoms with E-state index in [9.17, 15) is 9.59 Å². The highest BCUT2D eigenvalue weighted by Gasteiger charge is 2.28. The Kier molecular flexibility index (Phi) is 5.20. The lowest BCUT2D eigenvalue weighted by Crippen LogP contribution is -2.47. The Labute approximate surface area is 125 Å². The number of hydrogen-bond acceptors (Lipinski definition) is 2. The van der Waals surface area contributed by atoms with Gasteiger partial charge in [0.05, 0.1) is 5.92 Å². The zero-order valence-corrected chi connectivity index (χ0v) is 12.3. The maximum Gasteiger partial charge on any atom is 0.317 e. The van der Waals surface area contributed by atoms with Crippen LogP contribution in [-0.2, 0) is 4.79 Å². The first-order chi connectivity index (χ1) is 10.1. The van der Waals surface area contributed by atoms with E-state index in [1.807, 2.05) is 30.3 Å². The SMILES string of the molecule is CC(CNC(=O)N1CCCC(C(=O)O)C1)c1ccccc1. The first kappa shape index (κ1) is 15.4. The molecular weight excluding hydrogens is 268 g/mol. The Morgan fingerprint density at radius 2 is 2.10 bits per heavy atom. The van der Waals surface area contributed by atoms with Crippen molar-refractivity contribution in [3.63, 3.8) is 0 Å². The molecule has 114 valence electrons. The molecule has 1 aromatic carbocycles. The predicted molar refractivity (Wildman–Crippen MR) is 80.2 cm³/mol. The average Bonchev–Trinajstić information content (AvgIpc) is 2.53. The minimum Gasteiger partial charge on any atom is -0.481 e. The number of nitrogens with one attached hydrogen (secondary N) is 1. The lowest BCUT2D eigenvalue weighted by molar-refractivity contribution is -0.143. The molecule has 0 saturated carbocycles. The molecule has 0 radical (unpaired) electrons. The van der Waals surface area contributed by atoms with Crippen molar-refractivity contribution in [2.45, 2.75) is 25.7 Å². The van der Waals surface area contributed by atoms with Crippen LogP contribution in [0.5, 0.6) is 0 Å². The van der Waals surface area contributed by atoms with Gasteiger partial charge in [-0.1, -0.05) is 37.3 Å². The normalized spacial score (nSPS) is 19.9. The van der Waals surface area contributed by atoms with E-state index in [1.165, 1.54) is 5.56 Å². The number of likely N-dealkylation sites (tertiary alicyclic amines) is 1. The van der Waals surface area contributed by atoms with Crippen LogP contribution < -0.4 is 5.32 Å². The van der Waals surface area contributed by atoms with Crippen molar-refractivity contribution >= 4 is 12.0 Å². The molecule has 1 aliphatic heterocycles. The zero-order chi connectivity index (χ0) is 15.2. The van der Waals surface area contributed by atoms with E-state index in [4.69, 9.17) is 5.11 Å². The Hall–Kier alpha value is -2.04. The summed E-state index contributed by atoms with van der Waals surface area (Å²) in [6.07, 6.45) is 1.40. The highest BCUT2D eigenvalue weighted by atomic mass is 16.4. The number of piperidine rings is 1. The van der Waals surface area contributed by atoms with E-state index in [2.05, 4.69) is 12.2 Å². The molecule has 0 aromatic heterocycles. The molecule has 2 atom stereocenters. The monoisotopic (exact) mass is 290 g/mol. The highest BCUT2D eigenvalue weighted by molar-refractivity contribution is 5.76. The quantitative estimate of drug-likeness (QED) is 0.894. The molecule has 5 nitrogen and oxygen atoms in total. The summed E-state index contributed by atoms with van der Waals surface area (Å²) in [5.41, 5.74) is 1.18. The summed E-state index contributed by atoms with van der Waals surface area (Å²) in [5.74, 6) is -1.02. The van der Waals surface area contributed by atoms with Crippen LogP contribution in [0, 0.1) is 5.92 Å². The number of nitrogens with zero attached hydrogens (tertiary/aromatic N) is 1. The predicted octanol–water partition coefficient (Wildman–Crippen LogP) is 2.30. The summed E-state index contributed by atoms with van der Waals surface area (Å²) in [7, 11) is 0. The van der Waals surface area contributed by atoms with Gasteiger partial charge in [0.2, 0.25) is 0 Å². The molecule has 5 heteroatoms. The van der Waals surface area contributed by atoms with Crippen LogP contribution in [0.15, 0.2) is 30.3 Å². The van der Waals surface area contributed by atoms with Gasteiger partial charge in [0.25, 0.3) is 0 Å². The molecule has 1 saturated heterocycles. The molecule has 2 unspecified atom stereocenters. The number of carbonyl (C=O) groups excluding carboxylic acids is 1. The van der Waals surface area contributed by atoms with E-state index < -0.39 is 11.9 Å². The Bertz CT molecular complexity index is 490. The van der Waals surface area contributed by atoms with Crippen molar-refractivity contribution < 1.29 is 14.7 Å². The van der Waals surface area contributed by atoms with Crippen molar-refractivity contribution in [3.05, 3.63) is 35.9 Å². The van der Waals surface area contributed by atoms with Crippen LogP contribution in [0.4, 0.5) is 4.79 Å². The number of aliphatic carboxylic acids is 1. The summed E-state index contributed by atoms with van der Waals surface area (Å²) in [5, 5.41) is 12.0. The number of rotatable bonds is 4. The van der Waals surface area contributed by atoms with E-state index >= 15 is 0 Å². The summed E-state index contributed by atoms with van der Waals surface area (Å²) in [6, 6.07) is 9.85. The summed E-state index contributed by atoms with van der Waals surface area (Å²) < 4.78 is 0. The Morgan fingerprint density at radius 1 is 1.38 bits per heavy atom. The third kappa shape index (κ3) is 4.21. The van der Waals surface area contributed by atoms with E-state index in [1.54, 1.807) is 4.90 Å². The topological polar surface area (TPSA) is 69.6 Å². The summed E-state index contributed by atoms with van der Waals surface area (Å²) >= 11 is 0. The van der Waals surface area contributed by atoms with Crippen molar-refractivity contribution in [1.29, 1.82) is 0 Å². The third-order valence-corrected chi connectivity index (χ3v) is 3.99. The molecule has 21 heavy (non-hydrogen) atoms. The average molecular weight is 290 g/mol.